The van der Waals surface area contributed by atoms with Gasteiger partial charge in [-0.2, -0.15) is 0 Å². The van der Waals surface area contributed by atoms with Crippen molar-refractivity contribution in [2.45, 2.75) is 40.2 Å². The maximum absolute atomic E-state index is 12.0. The fourth-order valence-electron chi connectivity index (χ4n) is 2.29. The topological polar surface area (TPSA) is 97.1 Å². The van der Waals surface area contributed by atoms with Crippen molar-refractivity contribution in [3.8, 4) is 0 Å². The number of halogens is 1. The van der Waals surface area contributed by atoms with Gasteiger partial charge in [-0.1, -0.05) is 43.7 Å². The number of aromatic nitrogens is 1. The van der Waals surface area contributed by atoms with Crippen molar-refractivity contribution < 1.29 is 9.59 Å². The number of carbonyl (C=O) groups is 2. The molecule has 1 aromatic heterocycles. The third kappa shape index (κ3) is 6.93. The van der Waals surface area contributed by atoms with E-state index in [4.69, 9.17) is 5.73 Å². The van der Waals surface area contributed by atoms with Crippen LogP contribution in [0, 0.1) is 19.8 Å². The molecule has 0 fully saturated rings. The summed E-state index contributed by atoms with van der Waals surface area (Å²) in [7, 11) is 0. The van der Waals surface area contributed by atoms with Crippen LogP contribution in [0.15, 0.2) is 24.3 Å². The molecule has 0 saturated carbocycles. The van der Waals surface area contributed by atoms with Gasteiger partial charge in [0.15, 0.2) is 5.13 Å². The Kier molecular flexibility index (Phi) is 8.88. The Morgan fingerprint density at radius 1 is 1.19 bits per heavy atom. The van der Waals surface area contributed by atoms with Gasteiger partial charge in [0.2, 0.25) is 11.8 Å². The highest BCUT2D eigenvalue weighted by atomic mass is 35.5. The summed E-state index contributed by atoms with van der Waals surface area (Å²) >= 11 is 1.45. The standard InChI is InChI=1S/C19H26N4O2S.ClH/c1-11(2)17(20)18(25)21-10-16(24)23-19-22-13(4)15(26-19)9-14-7-5-12(3)6-8-14;/h5-8,11,17H,9-10,20H2,1-4H3,(H,21,25)(H,22,23,24);1H/t17-;/m0./s1. The van der Waals surface area contributed by atoms with E-state index in [0.29, 0.717) is 5.13 Å². The number of nitrogens with zero attached hydrogens (tertiary/aromatic N) is 1. The number of aryl methyl sites for hydroxylation is 2. The second-order valence-electron chi connectivity index (χ2n) is 6.73. The van der Waals surface area contributed by atoms with Gasteiger partial charge in [-0.15, -0.1) is 23.7 Å². The lowest BCUT2D eigenvalue weighted by molar-refractivity contribution is -0.125. The maximum atomic E-state index is 12.0. The molecule has 1 heterocycles. The van der Waals surface area contributed by atoms with Gasteiger partial charge in [0.25, 0.3) is 0 Å². The number of amides is 2. The lowest BCUT2D eigenvalue weighted by atomic mass is 10.1. The molecule has 2 aromatic rings. The summed E-state index contributed by atoms with van der Waals surface area (Å²) in [5.41, 5.74) is 9.08. The molecule has 0 saturated heterocycles. The number of nitrogens with two attached hydrogens (primary N) is 1. The zero-order valence-electron chi connectivity index (χ0n) is 16.0. The summed E-state index contributed by atoms with van der Waals surface area (Å²) in [6.45, 7) is 7.59. The number of benzene rings is 1. The first-order chi connectivity index (χ1) is 12.3. The summed E-state index contributed by atoms with van der Waals surface area (Å²) in [5.74, 6) is -0.625. The van der Waals surface area contributed by atoms with Crippen molar-refractivity contribution in [3.63, 3.8) is 0 Å². The van der Waals surface area contributed by atoms with E-state index in [1.54, 1.807) is 0 Å². The average molecular weight is 411 g/mol. The first kappa shape index (κ1) is 23.1. The molecule has 2 rings (SSSR count). The molecule has 0 unspecified atom stereocenters. The Morgan fingerprint density at radius 2 is 1.81 bits per heavy atom. The van der Waals surface area contributed by atoms with E-state index in [1.165, 1.54) is 22.5 Å². The van der Waals surface area contributed by atoms with Crippen molar-refractivity contribution in [3.05, 3.63) is 46.0 Å². The largest absolute Gasteiger partial charge is 0.346 e. The molecule has 0 aliphatic carbocycles. The minimum absolute atomic E-state index is 0. The molecule has 8 heteroatoms. The highest BCUT2D eigenvalue weighted by molar-refractivity contribution is 7.15. The van der Waals surface area contributed by atoms with Crippen LogP contribution in [-0.2, 0) is 16.0 Å². The second-order valence-corrected chi connectivity index (χ2v) is 7.81. The molecule has 1 aromatic carbocycles. The Morgan fingerprint density at radius 3 is 2.41 bits per heavy atom. The maximum Gasteiger partial charge on any atom is 0.245 e. The molecule has 0 aliphatic rings. The number of nitrogens with one attached hydrogen (secondary N) is 2. The van der Waals surface area contributed by atoms with Crippen LogP contribution in [0.4, 0.5) is 5.13 Å². The summed E-state index contributed by atoms with van der Waals surface area (Å²) in [6.07, 6.45) is 0.777. The lowest BCUT2D eigenvalue weighted by Crippen LogP contribution is -2.46. The Hall–Kier alpha value is -1.96. The zero-order valence-corrected chi connectivity index (χ0v) is 17.7. The number of anilines is 1. The number of carbonyl (C=O) groups excluding carboxylic acids is 2. The van der Waals surface area contributed by atoms with Gasteiger partial charge in [0.1, 0.15) is 0 Å². The molecule has 0 aliphatic heterocycles. The number of hydrogen-bond donors (Lipinski definition) is 3. The quantitative estimate of drug-likeness (QED) is 0.653. The average Bonchev–Trinajstić information content (AvgIpc) is 2.93. The molecule has 0 radical (unpaired) electrons. The number of hydrogen-bond acceptors (Lipinski definition) is 5. The van der Waals surface area contributed by atoms with Crippen LogP contribution in [0.5, 0.6) is 0 Å². The second kappa shape index (κ2) is 10.4. The molecule has 6 nitrogen and oxygen atoms in total. The highest BCUT2D eigenvalue weighted by Gasteiger charge is 2.18. The van der Waals surface area contributed by atoms with Crippen LogP contribution in [0.2, 0.25) is 0 Å². The molecular weight excluding hydrogens is 384 g/mol. The van der Waals surface area contributed by atoms with Gasteiger partial charge in [0, 0.05) is 11.3 Å². The van der Waals surface area contributed by atoms with E-state index in [2.05, 4.69) is 46.8 Å². The lowest BCUT2D eigenvalue weighted by Gasteiger charge is -2.14. The predicted molar refractivity (Wildman–Crippen MR) is 113 cm³/mol. The van der Waals surface area contributed by atoms with E-state index < -0.39 is 6.04 Å². The van der Waals surface area contributed by atoms with Gasteiger partial charge < -0.3 is 16.4 Å². The van der Waals surface area contributed by atoms with Crippen LogP contribution in [0.3, 0.4) is 0 Å². The SMILES string of the molecule is Cc1ccc(Cc2sc(NC(=O)CNC(=O)[C@@H](N)C(C)C)nc2C)cc1.Cl. The minimum atomic E-state index is -0.619. The van der Waals surface area contributed by atoms with E-state index in [-0.39, 0.29) is 36.7 Å². The number of thiazole rings is 1. The van der Waals surface area contributed by atoms with Crippen LogP contribution >= 0.6 is 23.7 Å². The van der Waals surface area contributed by atoms with Gasteiger partial charge in [-0.3, -0.25) is 9.59 Å². The molecule has 4 N–H and O–H groups in total. The smallest absolute Gasteiger partial charge is 0.245 e. The third-order valence-electron chi connectivity index (χ3n) is 4.07. The molecular formula is C19H27ClN4O2S. The molecule has 0 spiro atoms. The first-order valence-electron chi connectivity index (χ1n) is 8.61. The fourth-order valence-corrected chi connectivity index (χ4v) is 3.30. The van der Waals surface area contributed by atoms with E-state index >= 15 is 0 Å². The first-order valence-corrected chi connectivity index (χ1v) is 9.43. The van der Waals surface area contributed by atoms with Crippen molar-refractivity contribution in [2.24, 2.45) is 11.7 Å². The van der Waals surface area contributed by atoms with Gasteiger partial charge >= 0.3 is 0 Å². The normalized spacial score (nSPS) is 11.6. The van der Waals surface area contributed by atoms with Crippen LogP contribution in [0.1, 0.15) is 35.5 Å². The zero-order chi connectivity index (χ0) is 19.3. The van der Waals surface area contributed by atoms with Gasteiger partial charge in [-0.05, 0) is 25.3 Å². The van der Waals surface area contributed by atoms with Crippen molar-refractivity contribution in [1.82, 2.24) is 10.3 Å². The molecule has 27 heavy (non-hydrogen) atoms. The molecule has 148 valence electrons. The fraction of sp³-hybridized carbons (Fsp3) is 0.421. The van der Waals surface area contributed by atoms with Crippen molar-refractivity contribution in [1.29, 1.82) is 0 Å². The van der Waals surface area contributed by atoms with Crippen LogP contribution in [-0.4, -0.2) is 29.4 Å². The van der Waals surface area contributed by atoms with Gasteiger partial charge in [-0.25, -0.2) is 4.98 Å². The summed E-state index contributed by atoms with van der Waals surface area (Å²) in [4.78, 5) is 29.3. The molecule has 1 atom stereocenters. The monoisotopic (exact) mass is 410 g/mol. The summed E-state index contributed by atoms with van der Waals surface area (Å²) in [6, 6.07) is 7.74. The van der Waals surface area contributed by atoms with Gasteiger partial charge in [0.05, 0.1) is 18.3 Å². The van der Waals surface area contributed by atoms with Crippen molar-refractivity contribution >= 4 is 40.7 Å². The highest BCUT2D eigenvalue weighted by Crippen LogP contribution is 2.25. The predicted octanol–water partition coefficient (Wildman–Crippen LogP) is 2.81. The molecule has 0 bridgehead atoms. The Labute approximate surface area is 170 Å². The van der Waals surface area contributed by atoms with E-state index in [1.807, 2.05) is 20.8 Å². The third-order valence-corrected chi connectivity index (χ3v) is 5.14. The van der Waals surface area contributed by atoms with E-state index in [9.17, 15) is 9.59 Å². The van der Waals surface area contributed by atoms with Crippen LogP contribution in [0.25, 0.3) is 0 Å². The Bertz CT molecular complexity index is 775. The number of rotatable bonds is 7. The van der Waals surface area contributed by atoms with E-state index in [0.717, 1.165) is 17.0 Å². The van der Waals surface area contributed by atoms with Crippen LogP contribution < -0.4 is 16.4 Å². The Balaban J connectivity index is 0.00000364. The van der Waals surface area contributed by atoms with Crippen molar-refractivity contribution in [2.75, 3.05) is 11.9 Å². The summed E-state index contributed by atoms with van der Waals surface area (Å²) in [5, 5.41) is 5.82. The molecule has 2 amide bonds. The summed E-state index contributed by atoms with van der Waals surface area (Å²) < 4.78 is 0. The minimum Gasteiger partial charge on any atom is -0.346 e.